The normalized spacial score (nSPS) is 11.0. The molecule has 0 aromatic heterocycles. The molecule has 0 fully saturated rings. The third-order valence-electron chi connectivity index (χ3n) is 3.22. The number of rotatable bonds is 9. The Morgan fingerprint density at radius 2 is 1.88 bits per heavy atom. The van der Waals surface area contributed by atoms with Gasteiger partial charge in [0, 0.05) is 31.7 Å². The zero-order valence-electron chi connectivity index (χ0n) is 14.2. The summed E-state index contributed by atoms with van der Waals surface area (Å²) in [5.74, 6) is 0.0130. The SMILES string of the molecule is CCOc1ccc(NC(=O)CCN)cc1S(=O)(=O)N(CC)CC.Cl. The average Bonchev–Trinajstić information content (AvgIpc) is 2.50. The van der Waals surface area contributed by atoms with Gasteiger partial charge < -0.3 is 15.8 Å². The maximum Gasteiger partial charge on any atom is 0.246 e. The van der Waals surface area contributed by atoms with E-state index >= 15 is 0 Å². The summed E-state index contributed by atoms with van der Waals surface area (Å²) in [6, 6.07) is 4.59. The summed E-state index contributed by atoms with van der Waals surface area (Å²) >= 11 is 0. The molecule has 0 atom stereocenters. The number of halogens is 1. The number of anilines is 1. The standard InChI is InChI=1S/C15H25N3O4S.ClH/c1-4-18(5-2)23(20,21)14-11-12(17-15(19)9-10-16)7-8-13(14)22-6-3;/h7-8,11H,4-6,9-10,16H2,1-3H3,(H,17,19);1H. The fourth-order valence-electron chi connectivity index (χ4n) is 2.12. The highest BCUT2D eigenvalue weighted by atomic mass is 35.5. The number of nitrogens with zero attached hydrogens (tertiary/aromatic N) is 1. The monoisotopic (exact) mass is 379 g/mol. The van der Waals surface area contributed by atoms with Crippen LogP contribution in [0.5, 0.6) is 5.75 Å². The first-order valence-corrected chi connectivity index (χ1v) is 9.11. The van der Waals surface area contributed by atoms with Gasteiger partial charge in [0.05, 0.1) is 6.61 Å². The van der Waals surface area contributed by atoms with Crippen molar-refractivity contribution in [3.8, 4) is 5.75 Å². The van der Waals surface area contributed by atoms with Crippen LogP contribution < -0.4 is 15.8 Å². The van der Waals surface area contributed by atoms with Crippen LogP contribution in [0.2, 0.25) is 0 Å². The van der Waals surface area contributed by atoms with Gasteiger partial charge in [0.25, 0.3) is 0 Å². The van der Waals surface area contributed by atoms with E-state index in [9.17, 15) is 13.2 Å². The highest BCUT2D eigenvalue weighted by Crippen LogP contribution is 2.30. The molecule has 9 heteroatoms. The van der Waals surface area contributed by atoms with Crippen molar-refractivity contribution in [2.75, 3.05) is 31.6 Å². The number of benzene rings is 1. The van der Waals surface area contributed by atoms with Gasteiger partial charge in [-0.25, -0.2) is 8.42 Å². The minimum absolute atomic E-state index is 0. The van der Waals surface area contributed by atoms with Crippen LogP contribution in [0.3, 0.4) is 0 Å². The zero-order valence-corrected chi connectivity index (χ0v) is 15.9. The fraction of sp³-hybridized carbons (Fsp3) is 0.533. The lowest BCUT2D eigenvalue weighted by Crippen LogP contribution is -2.31. The van der Waals surface area contributed by atoms with Crippen LogP contribution in [0.15, 0.2) is 23.1 Å². The van der Waals surface area contributed by atoms with E-state index in [2.05, 4.69) is 5.32 Å². The highest BCUT2D eigenvalue weighted by Gasteiger charge is 2.26. The fourth-order valence-corrected chi connectivity index (χ4v) is 3.73. The molecule has 0 bridgehead atoms. The van der Waals surface area contributed by atoms with E-state index in [0.717, 1.165) is 0 Å². The topological polar surface area (TPSA) is 102 Å². The van der Waals surface area contributed by atoms with E-state index in [0.29, 0.717) is 25.4 Å². The third kappa shape index (κ3) is 5.62. The summed E-state index contributed by atoms with van der Waals surface area (Å²) < 4.78 is 32.3. The number of nitrogens with one attached hydrogen (secondary N) is 1. The molecule has 24 heavy (non-hydrogen) atoms. The largest absolute Gasteiger partial charge is 0.492 e. The van der Waals surface area contributed by atoms with Gasteiger partial charge >= 0.3 is 0 Å². The Hall–Kier alpha value is -1.35. The Morgan fingerprint density at radius 3 is 2.38 bits per heavy atom. The van der Waals surface area contributed by atoms with Gasteiger partial charge in [-0.15, -0.1) is 12.4 Å². The van der Waals surface area contributed by atoms with Crippen LogP contribution in [0.25, 0.3) is 0 Å². The molecular formula is C15H26ClN3O4S. The van der Waals surface area contributed by atoms with Gasteiger partial charge in [-0.3, -0.25) is 4.79 Å². The molecule has 1 aromatic carbocycles. The number of carbonyl (C=O) groups is 1. The van der Waals surface area contributed by atoms with Gasteiger partial charge in [-0.1, -0.05) is 13.8 Å². The number of ether oxygens (including phenoxy) is 1. The molecule has 0 saturated heterocycles. The van der Waals surface area contributed by atoms with Crippen LogP contribution in [0, 0.1) is 0 Å². The molecule has 7 nitrogen and oxygen atoms in total. The van der Waals surface area contributed by atoms with Crippen LogP contribution in [0.4, 0.5) is 5.69 Å². The summed E-state index contributed by atoms with van der Waals surface area (Å²) in [6.07, 6.45) is 0.172. The Labute approximate surface area is 150 Å². The molecule has 0 heterocycles. The predicted octanol–water partition coefficient (Wildman–Crippen LogP) is 1.82. The lowest BCUT2D eigenvalue weighted by molar-refractivity contribution is -0.116. The van der Waals surface area contributed by atoms with E-state index in [4.69, 9.17) is 10.5 Å². The van der Waals surface area contributed by atoms with Crippen LogP contribution in [0.1, 0.15) is 27.2 Å². The summed E-state index contributed by atoms with van der Waals surface area (Å²) in [5, 5.41) is 2.64. The molecule has 0 aliphatic carbocycles. The van der Waals surface area contributed by atoms with Crippen molar-refractivity contribution in [2.45, 2.75) is 32.1 Å². The molecule has 138 valence electrons. The maximum atomic E-state index is 12.8. The Morgan fingerprint density at radius 1 is 1.25 bits per heavy atom. The summed E-state index contributed by atoms with van der Waals surface area (Å²) in [7, 11) is -3.69. The van der Waals surface area contributed by atoms with E-state index in [-0.39, 0.29) is 41.9 Å². The molecule has 0 spiro atoms. The second kappa shape index (κ2) is 10.5. The second-order valence-corrected chi connectivity index (χ2v) is 6.68. The van der Waals surface area contributed by atoms with Crippen molar-refractivity contribution in [3.05, 3.63) is 18.2 Å². The lowest BCUT2D eigenvalue weighted by atomic mass is 10.3. The number of sulfonamides is 1. The molecular weight excluding hydrogens is 354 g/mol. The van der Waals surface area contributed by atoms with Crippen LogP contribution >= 0.6 is 12.4 Å². The number of carbonyl (C=O) groups excluding carboxylic acids is 1. The molecule has 1 amide bonds. The van der Waals surface area contributed by atoms with Crippen molar-refractivity contribution in [3.63, 3.8) is 0 Å². The van der Waals surface area contributed by atoms with Crippen molar-refractivity contribution in [1.82, 2.24) is 4.31 Å². The molecule has 0 radical (unpaired) electrons. The first-order valence-electron chi connectivity index (χ1n) is 7.67. The van der Waals surface area contributed by atoms with Crippen molar-refractivity contribution in [2.24, 2.45) is 5.73 Å². The number of amides is 1. The first kappa shape index (κ1) is 22.6. The van der Waals surface area contributed by atoms with Crippen molar-refractivity contribution in [1.29, 1.82) is 0 Å². The lowest BCUT2D eigenvalue weighted by Gasteiger charge is -2.21. The zero-order chi connectivity index (χ0) is 17.5. The molecule has 1 aromatic rings. The Bertz CT molecular complexity index is 634. The first-order chi connectivity index (χ1) is 10.9. The smallest absolute Gasteiger partial charge is 0.246 e. The second-order valence-electron chi connectivity index (χ2n) is 4.77. The summed E-state index contributed by atoms with van der Waals surface area (Å²) in [6.45, 7) is 6.61. The van der Waals surface area contributed by atoms with Crippen molar-refractivity contribution < 1.29 is 17.9 Å². The van der Waals surface area contributed by atoms with E-state index in [1.807, 2.05) is 0 Å². The average molecular weight is 380 g/mol. The minimum Gasteiger partial charge on any atom is -0.492 e. The molecule has 0 aliphatic rings. The quantitative estimate of drug-likeness (QED) is 0.681. The van der Waals surface area contributed by atoms with Crippen molar-refractivity contribution >= 4 is 34.0 Å². The van der Waals surface area contributed by atoms with E-state index < -0.39 is 10.0 Å². The molecule has 0 unspecified atom stereocenters. The number of nitrogens with two attached hydrogens (primary N) is 1. The van der Waals surface area contributed by atoms with Gasteiger partial charge in [0.1, 0.15) is 10.6 Å². The number of hydrogen-bond acceptors (Lipinski definition) is 5. The molecule has 3 N–H and O–H groups in total. The van der Waals surface area contributed by atoms with Gasteiger partial charge in [0.2, 0.25) is 15.9 Å². The highest BCUT2D eigenvalue weighted by molar-refractivity contribution is 7.89. The third-order valence-corrected chi connectivity index (χ3v) is 5.29. The number of hydrogen-bond donors (Lipinski definition) is 2. The minimum atomic E-state index is -3.69. The van der Waals surface area contributed by atoms with Gasteiger partial charge in [-0.05, 0) is 25.1 Å². The van der Waals surface area contributed by atoms with Gasteiger partial charge in [-0.2, -0.15) is 4.31 Å². The Kier molecular flexibility index (Phi) is 9.91. The molecule has 0 aliphatic heterocycles. The molecule has 0 saturated carbocycles. The Balaban J connectivity index is 0.00000529. The van der Waals surface area contributed by atoms with E-state index in [1.54, 1.807) is 32.9 Å². The van der Waals surface area contributed by atoms with Crippen LogP contribution in [-0.4, -0.2) is 44.9 Å². The molecule has 1 rings (SSSR count). The van der Waals surface area contributed by atoms with E-state index in [1.165, 1.54) is 10.4 Å². The van der Waals surface area contributed by atoms with Gasteiger partial charge in [0.15, 0.2) is 0 Å². The summed E-state index contributed by atoms with van der Waals surface area (Å²) in [5.41, 5.74) is 5.74. The maximum absolute atomic E-state index is 12.8. The predicted molar refractivity (Wildman–Crippen MR) is 97.3 cm³/mol. The van der Waals surface area contributed by atoms with Crippen LogP contribution in [-0.2, 0) is 14.8 Å². The summed E-state index contributed by atoms with van der Waals surface area (Å²) in [4.78, 5) is 11.7.